The number of aromatic nitrogens is 4. The number of amides is 2. The molecule has 11 heteroatoms. The highest BCUT2D eigenvalue weighted by Crippen LogP contribution is 2.18. The highest BCUT2D eigenvalue weighted by atomic mass is 19.2. The number of H-pyrrole nitrogens is 1. The predicted octanol–water partition coefficient (Wildman–Crippen LogP) is -0.515. The van der Waals surface area contributed by atoms with Crippen molar-refractivity contribution >= 4 is 11.8 Å². The van der Waals surface area contributed by atoms with E-state index in [9.17, 15) is 18.4 Å². The smallest absolute Gasteiger partial charge is 0.237 e. The maximum Gasteiger partial charge on any atom is 0.237 e. The molecule has 2 aromatic rings. The third-order valence-electron chi connectivity index (χ3n) is 4.06. The van der Waals surface area contributed by atoms with Gasteiger partial charge in [0, 0.05) is 25.2 Å². The van der Waals surface area contributed by atoms with E-state index in [1.165, 1.54) is 12.1 Å². The summed E-state index contributed by atoms with van der Waals surface area (Å²) in [5.41, 5.74) is 0.136. The van der Waals surface area contributed by atoms with Gasteiger partial charge < -0.3 is 10.6 Å². The van der Waals surface area contributed by atoms with E-state index in [2.05, 4.69) is 31.3 Å². The molecule has 2 amide bonds. The van der Waals surface area contributed by atoms with Crippen molar-refractivity contribution in [1.29, 1.82) is 0 Å². The van der Waals surface area contributed by atoms with Crippen LogP contribution >= 0.6 is 0 Å². The second kappa shape index (κ2) is 7.95. The average Bonchev–Trinajstić information content (AvgIpc) is 3.14. The van der Waals surface area contributed by atoms with Crippen molar-refractivity contribution in [2.45, 2.75) is 25.6 Å². The molecule has 9 nitrogen and oxygen atoms in total. The molecule has 2 heterocycles. The van der Waals surface area contributed by atoms with Crippen LogP contribution in [0.1, 0.15) is 17.8 Å². The van der Waals surface area contributed by atoms with E-state index >= 15 is 0 Å². The van der Waals surface area contributed by atoms with Crippen LogP contribution in [0.2, 0.25) is 0 Å². The molecule has 1 aliphatic heterocycles. The summed E-state index contributed by atoms with van der Waals surface area (Å²) in [5.74, 6) is -2.30. The zero-order chi connectivity index (χ0) is 18.5. The first-order valence-electron chi connectivity index (χ1n) is 7.98. The van der Waals surface area contributed by atoms with Gasteiger partial charge in [0.15, 0.2) is 17.5 Å². The topological polar surface area (TPSA) is 116 Å². The minimum atomic E-state index is -0.946. The largest absolute Gasteiger partial charge is 0.353 e. The first kappa shape index (κ1) is 17.9. The molecule has 1 aromatic carbocycles. The highest BCUT2D eigenvalue weighted by Gasteiger charge is 2.32. The van der Waals surface area contributed by atoms with E-state index in [0.29, 0.717) is 18.9 Å². The second-order valence-corrected chi connectivity index (χ2v) is 5.80. The third-order valence-corrected chi connectivity index (χ3v) is 4.06. The van der Waals surface area contributed by atoms with Crippen LogP contribution in [-0.4, -0.2) is 56.5 Å². The van der Waals surface area contributed by atoms with E-state index in [4.69, 9.17) is 0 Å². The number of nitrogens with zero attached hydrogens (tertiary/aromatic N) is 4. The molecule has 0 radical (unpaired) electrons. The minimum absolute atomic E-state index is 0.0276. The third kappa shape index (κ3) is 4.17. The zero-order valence-electron chi connectivity index (χ0n) is 13.7. The summed E-state index contributed by atoms with van der Waals surface area (Å²) >= 11 is 0. The lowest BCUT2D eigenvalue weighted by atomic mass is 10.1. The van der Waals surface area contributed by atoms with Gasteiger partial charge in [0.1, 0.15) is 0 Å². The molecule has 138 valence electrons. The summed E-state index contributed by atoms with van der Waals surface area (Å²) < 4.78 is 27.3. The van der Waals surface area contributed by atoms with Crippen LogP contribution in [0.15, 0.2) is 18.2 Å². The Bertz CT molecular complexity index is 784. The second-order valence-electron chi connectivity index (χ2n) is 5.80. The van der Waals surface area contributed by atoms with Gasteiger partial charge in [-0.15, -0.1) is 10.2 Å². The molecule has 0 saturated carbocycles. The number of carbonyl (C=O) groups is 2. The monoisotopic (exact) mass is 365 g/mol. The number of aromatic amines is 1. The summed E-state index contributed by atoms with van der Waals surface area (Å²) in [7, 11) is 0. The maximum absolute atomic E-state index is 13.9. The van der Waals surface area contributed by atoms with E-state index in [-0.39, 0.29) is 36.9 Å². The Morgan fingerprint density at radius 2 is 2.23 bits per heavy atom. The molecule has 1 aromatic heterocycles. The Kier molecular flexibility index (Phi) is 5.46. The van der Waals surface area contributed by atoms with Crippen molar-refractivity contribution in [3.63, 3.8) is 0 Å². The molecule has 0 aliphatic carbocycles. The van der Waals surface area contributed by atoms with Crippen LogP contribution in [0.3, 0.4) is 0 Å². The number of nitrogens with one attached hydrogen (secondary N) is 3. The zero-order valence-corrected chi connectivity index (χ0v) is 13.7. The normalized spacial score (nSPS) is 17.8. The van der Waals surface area contributed by atoms with Crippen molar-refractivity contribution in [1.82, 2.24) is 36.2 Å². The van der Waals surface area contributed by atoms with Gasteiger partial charge in [0.05, 0.1) is 19.0 Å². The lowest BCUT2D eigenvalue weighted by Gasteiger charge is -2.34. The summed E-state index contributed by atoms with van der Waals surface area (Å²) in [6.07, 6.45) is -0.124. The van der Waals surface area contributed by atoms with Gasteiger partial charge in [-0.2, -0.15) is 5.21 Å². The number of hydrogen-bond donors (Lipinski definition) is 3. The number of carbonyl (C=O) groups excluding carboxylic acids is 2. The van der Waals surface area contributed by atoms with E-state index < -0.39 is 17.7 Å². The fourth-order valence-corrected chi connectivity index (χ4v) is 2.75. The fraction of sp³-hybridized carbons (Fsp3) is 0.400. The van der Waals surface area contributed by atoms with Crippen LogP contribution in [0.5, 0.6) is 0 Å². The Morgan fingerprint density at radius 3 is 3.00 bits per heavy atom. The molecule has 26 heavy (non-hydrogen) atoms. The van der Waals surface area contributed by atoms with Crippen LogP contribution in [0.25, 0.3) is 0 Å². The van der Waals surface area contributed by atoms with Crippen LogP contribution in [-0.2, 0) is 22.7 Å². The van der Waals surface area contributed by atoms with Crippen molar-refractivity contribution in [2.24, 2.45) is 0 Å². The Hall–Kier alpha value is -2.95. The van der Waals surface area contributed by atoms with Crippen LogP contribution < -0.4 is 10.6 Å². The number of halogens is 2. The summed E-state index contributed by atoms with van der Waals surface area (Å²) in [4.78, 5) is 26.0. The molecule has 0 unspecified atom stereocenters. The lowest BCUT2D eigenvalue weighted by molar-refractivity contribution is -0.134. The Balaban J connectivity index is 1.65. The molecule has 1 aliphatic rings. The molecular weight excluding hydrogens is 348 g/mol. The number of piperazine rings is 1. The summed E-state index contributed by atoms with van der Waals surface area (Å²) in [5, 5.41) is 18.3. The summed E-state index contributed by atoms with van der Waals surface area (Å²) in [6.45, 7) is 0.892. The van der Waals surface area contributed by atoms with Gasteiger partial charge in [-0.3, -0.25) is 14.5 Å². The van der Waals surface area contributed by atoms with Crippen molar-refractivity contribution in [3.8, 4) is 0 Å². The minimum Gasteiger partial charge on any atom is -0.353 e. The Morgan fingerprint density at radius 1 is 1.38 bits per heavy atom. The standard InChI is InChI=1S/C15H17F2N7O2/c16-10-3-1-2-9(14(10)17)8-24-5-4-18-15(26)11(24)6-13(25)19-7-12-20-22-23-21-12/h1-3,11H,4-8H2,(H,18,26)(H,19,25)(H,20,21,22,23)/t11-/m1/s1. The van der Waals surface area contributed by atoms with E-state index in [0.717, 1.165) is 6.07 Å². The molecule has 1 saturated heterocycles. The average molecular weight is 365 g/mol. The van der Waals surface area contributed by atoms with Crippen LogP contribution in [0.4, 0.5) is 8.78 Å². The van der Waals surface area contributed by atoms with Gasteiger partial charge >= 0.3 is 0 Å². The van der Waals surface area contributed by atoms with Gasteiger partial charge in [0.25, 0.3) is 0 Å². The van der Waals surface area contributed by atoms with E-state index in [1.54, 1.807) is 4.90 Å². The molecule has 1 fully saturated rings. The Labute approximate surface area is 147 Å². The SMILES string of the molecule is O=C(C[C@@H]1C(=O)NCCN1Cc1cccc(F)c1F)NCc1nn[nH]n1. The van der Waals surface area contributed by atoms with Gasteiger partial charge in [-0.1, -0.05) is 17.3 Å². The first-order chi connectivity index (χ1) is 12.5. The number of benzene rings is 1. The number of tetrazole rings is 1. The quantitative estimate of drug-likeness (QED) is 0.635. The fourth-order valence-electron chi connectivity index (χ4n) is 2.75. The first-order valence-corrected chi connectivity index (χ1v) is 7.98. The number of rotatable bonds is 6. The summed E-state index contributed by atoms with van der Waals surface area (Å²) in [6, 6.07) is 3.12. The molecule has 3 N–H and O–H groups in total. The van der Waals surface area contributed by atoms with Gasteiger partial charge in [-0.25, -0.2) is 8.78 Å². The molecule has 0 spiro atoms. The van der Waals surface area contributed by atoms with Crippen molar-refractivity contribution < 1.29 is 18.4 Å². The van der Waals surface area contributed by atoms with Crippen molar-refractivity contribution in [2.75, 3.05) is 13.1 Å². The van der Waals surface area contributed by atoms with Gasteiger partial charge in [0.2, 0.25) is 11.8 Å². The van der Waals surface area contributed by atoms with Crippen LogP contribution in [0, 0.1) is 11.6 Å². The predicted molar refractivity (Wildman–Crippen MR) is 84.2 cm³/mol. The highest BCUT2D eigenvalue weighted by molar-refractivity contribution is 5.88. The molecular formula is C15H17F2N7O2. The van der Waals surface area contributed by atoms with E-state index in [1.807, 2.05) is 0 Å². The molecule has 3 rings (SSSR count). The lowest BCUT2D eigenvalue weighted by Crippen LogP contribution is -2.56. The molecule has 0 bridgehead atoms. The van der Waals surface area contributed by atoms with Crippen molar-refractivity contribution in [3.05, 3.63) is 41.2 Å². The maximum atomic E-state index is 13.9. The van der Waals surface area contributed by atoms with Gasteiger partial charge in [-0.05, 0) is 6.07 Å². The number of hydrogen-bond acceptors (Lipinski definition) is 6. The molecule has 1 atom stereocenters.